The second-order valence-electron chi connectivity index (χ2n) is 3.53. The van der Waals surface area contributed by atoms with E-state index < -0.39 is 5.72 Å². The van der Waals surface area contributed by atoms with Crippen LogP contribution in [0.5, 0.6) is 0 Å². The van der Waals surface area contributed by atoms with Crippen molar-refractivity contribution in [2.24, 2.45) is 5.11 Å². The van der Waals surface area contributed by atoms with Crippen molar-refractivity contribution in [2.75, 3.05) is 6.61 Å². The molecule has 4 nitrogen and oxygen atoms in total. The van der Waals surface area contributed by atoms with Gasteiger partial charge < -0.3 is 9.47 Å². The summed E-state index contributed by atoms with van der Waals surface area (Å²) >= 11 is 0. The van der Waals surface area contributed by atoms with Crippen LogP contribution in [0, 0.1) is 5.53 Å². The highest BCUT2D eigenvalue weighted by molar-refractivity contribution is 5.33. The summed E-state index contributed by atoms with van der Waals surface area (Å²) in [6.45, 7) is 2.39. The van der Waals surface area contributed by atoms with Crippen LogP contribution in [-0.4, -0.2) is 6.61 Å². The van der Waals surface area contributed by atoms with Gasteiger partial charge in [-0.15, -0.1) is 5.11 Å². The SMILES string of the molecule is CCOC1=CC=COC1(N=N)c1ccccc1. The number of nitrogens with zero attached hydrogens (tertiary/aromatic N) is 1. The molecule has 1 atom stereocenters. The quantitative estimate of drug-likeness (QED) is 0.806. The summed E-state index contributed by atoms with van der Waals surface area (Å²) in [5.41, 5.74) is 7.04. The van der Waals surface area contributed by atoms with E-state index >= 15 is 0 Å². The average Bonchev–Trinajstić information content (AvgIpc) is 2.41. The molecule has 0 radical (unpaired) electrons. The van der Waals surface area contributed by atoms with Crippen molar-refractivity contribution in [1.29, 1.82) is 5.53 Å². The predicted octanol–water partition coefficient (Wildman–Crippen LogP) is 3.33. The smallest absolute Gasteiger partial charge is 0.301 e. The summed E-state index contributed by atoms with van der Waals surface area (Å²) in [4.78, 5) is 0. The topological polar surface area (TPSA) is 54.7 Å². The molecule has 88 valence electrons. The first-order valence-corrected chi connectivity index (χ1v) is 5.45. The zero-order chi connectivity index (χ0) is 12.1. The van der Waals surface area contributed by atoms with E-state index in [2.05, 4.69) is 5.11 Å². The average molecular weight is 230 g/mol. The number of nitrogens with one attached hydrogen (secondary N) is 1. The highest BCUT2D eigenvalue weighted by atomic mass is 16.6. The Morgan fingerprint density at radius 3 is 2.76 bits per heavy atom. The second kappa shape index (κ2) is 4.82. The molecule has 1 unspecified atom stereocenters. The Kier molecular flexibility index (Phi) is 3.23. The van der Waals surface area contributed by atoms with Crippen LogP contribution in [0.1, 0.15) is 12.5 Å². The lowest BCUT2D eigenvalue weighted by Gasteiger charge is -2.31. The number of rotatable bonds is 4. The van der Waals surface area contributed by atoms with E-state index in [-0.39, 0.29) is 0 Å². The molecular formula is C13H14N2O2. The molecule has 0 bridgehead atoms. The molecule has 1 aliphatic heterocycles. The molecule has 0 aromatic heterocycles. The zero-order valence-electron chi connectivity index (χ0n) is 9.59. The molecule has 0 saturated carbocycles. The summed E-state index contributed by atoms with van der Waals surface area (Å²) in [5, 5.41) is 3.63. The highest BCUT2D eigenvalue weighted by Gasteiger charge is 2.40. The Hall–Kier alpha value is -2.10. The zero-order valence-corrected chi connectivity index (χ0v) is 9.59. The van der Waals surface area contributed by atoms with E-state index in [4.69, 9.17) is 15.0 Å². The molecule has 1 aliphatic rings. The molecule has 0 fully saturated rings. The molecule has 0 aliphatic carbocycles. The Balaban J connectivity index is 2.47. The van der Waals surface area contributed by atoms with Gasteiger partial charge in [0.05, 0.1) is 12.9 Å². The van der Waals surface area contributed by atoms with Gasteiger partial charge in [-0.2, -0.15) is 0 Å². The maximum absolute atomic E-state index is 7.44. The molecule has 17 heavy (non-hydrogen) atoms. The molecule has 1 aromatic carbocycles. The van der Waals surface area contributed by atoms with Crippen LogP contribution in [0.25, 0.3) is 0 Å². The van der Waals surface area contributed by atoms with Crippen LogP contribution in [0.2, 0.25) is 0 Å². The lowest BCUT2D eigenvalue weighted by Crippen LogP contribution is -2.30. The molecule has 4 heteroatoms. The molecular weight excluding hydrogens is 216 g/mol. The van der Waals surface area contributed by atoms with Gasteiger partial charge >= 0.3 is 5.72 Å². The maximum atomic E-state index is 7.44. The minimum absolute atomic E-state index is 0.507. The van der Waals surface area contributed by atoms with Gasteiger partial charge in [-0.05, 0) is 19.1 Å². The van der Waals surface area contributed by atoms with Crippen LogP contribution in [-0.2, 0) is 15.2 Å². The second-order valence-corrected chi connectivity index (χ2v) is 3.53. The van der Waals surface area contributed by atoms with Crippen LogP contribution >= 0.6 is 0 Å². The van der Waals surface area contributed by atoms with Crippen molar-refractivity contribution in [1.82, 2.24) is 0 Å². The van der Waals surface area contributed by atoms with E-state index in [9.17, 15) is 0 Å². The van der Waals surface area contributed by atoms with Gasteiger partial charge in [-0.25, -0.2) is 5.53 Å². The third-order valence-electron chi connectivity index (χ3n) is 2.52. The fraction of sp³-hybridized carbons (Fsp3) is 0.231. The van der Waals surface area contributed by atoms with Gasteiger partial charge in [-0.3, -0.25) is 0 Å². The molecule has 0 saturated heterocycles. The third-order valence-corrected chi connectivity index (χ3v) is 2.52. The fourth-order valence-corrected chi connectivity index (χ4v) is 1.76. The van der Waals surface area contributed by atoms with E-state index in [1.54, 1.807) is 12.2 Å². The summed E-state index contributed by atoms with van der Waals surface area (Å²) in [7, 11) is 0. The Morgan fingerprint density at radius 2 is 2.12 bits per heavy atom. The largest absolute Gasteiger partial charge is 0.491 e. The van der Waals surface area contributed by atoms with Crippen LogP contribution < -0.4 is 0 Å². The number of benzene rings is 1. The normalized spacial score (nSPS) is 22.5. The third kappa shape index (κ3) is 1.93. The maximum Gasteiger partial charge on any atom is 0.301 e. The van der Waals surface area contributed by atoms with Gasteiger partial charge in [0.2, 0.25) is 0 Å². The predicted molar refractivity (Wildman–Crippen MR) is 63.2 cm³/mol. The Morgan fingerprint density at radius 1 is 1.35 bits per heavy atom. The summed E-state index contributed by atoms with van der Waals surface area (Å²) < 4.78 is 11.1. The van der Waals surface area contributed by atoms with Gasteiger partial charge in [0.25, 0.3) is 0 Å². The lowest BCUT2D eigenvalue weighted by molar-refractivity contribution is -0.00987. The molecule has 0 spiro atoms. The molecule has 1 heterocycles. The fourth-order valence-electron chi connectivity index (χ4n) is 1.76. The molecule has 1 N–H and O–H groups in total. The minimum atomic E-state index is -1.17. The summed E-state index contributed by atoms with van der Waals surface area (Å²) in [6.07, 6.45) is 5.03. The van der Waals surface area contributed by atoms with E-state index in [1.165, 1.54) is 6.26 Å². The highest BCUT2D eigenvalue weighted by Crippen LogP contribution is 2.38. The van der Waals surface area contributed by atoms with Gasteiger partial charge in [0.15, 0.2) is 5.76 Å². The van der Waals surface area contributed by atoms with Crippen LogP contribution in [0.3, 0.4) is 0 Å². The minimum Gasteiger partial charge on any atom is -0.491 e. The van der Waals surface area contributed by atoms with Crippen molar-refractivity contribution in [2.45, 2.75) is 12.6 Å². The van der Waals surface area contributed by atoms with E-state index in [0.717, 1.165) is 5.56 Å². The Labute approximate surface area is 100 Å². The van der Waals surface area contributed by atoms with Crippen molar-refractivity contribution >= 4 is 0 Å². The first-order valence-electron chi connectivity index (χ1n) is 5.45. The van der Waals surface area contributed by atoms with Gasteiger partial charge in [0.1, 0.15) is 0 Å². The number of hydrogen-bond acceptors (Lipinski definition) is 4. The van der Waals surface area contributed by atoms with Crippen molar-refractivity contribution < 1.29 is 9.47 Å². The van der Waals surface area contributed by atoms with Crippen molar-refractivity contribution in [3.63, 3.8) is 0 Å². The first-order chi connectivity index (χ1) is 8.33. The monoisotopic (exact) mass is 230 g/mol. The first kappa shape index (κ1) is 11.4. The van der Waals surface area contributed by atoms with Gasteiger partial charge in [0, 0.05) is 5.56 Å². The van der Waals surface area contributed by atoms with Crippen molar-refractivity contribution in [3.05, 3.63) is 60.1 Å². The number of ether oxygens (including phenoxy) is 2. The van der Waals surface area contributed by atoms with Gasteiger partial charge in [-0.1, -0.05) is 30.3 Å². The molecule has 1 aromatic rings. The lowest BCUT2D eigenvalue weighted by atomic mass is 10.00. The van der Waals surface area contributed by atoms with E-state index in [0.29, 0.717) is 12.4 Å². The number of allylic oxidation sites excluding steroid dienone is 2. The standard InChI is InChI=1S/C13H14N2O2/c1-2-16-12-9-6-10-17-13(12,15-14)11-7-4-3-5-8-11/h3-10,14H,2H2,1H3. The summed E-state index contributed by atoms with van der Waals surface area (Å²) in [6, 6.07) is 9.40. The molecule has 0 amide bonds. The summed E-state index contributed by atoms with van der Waals surface area (Å²) in [5.74, 6) is 0.531. The van der Waals surface area contributed by atoms with Crippen LogP contribution in [0.15, 0.2) is 59.6 Å². The van der Waals surface area contributed by atoms with Crippen molar-refractivity contribution in [3.8, 4) is 0 Å². The molecule has 2 rings (SSSR count). The number of hydrogen-bond donors (Lipinski definition) is 1. The Bertz CT molecular complexity index is 454. The van der Waals surface area contributed by atoms with Crippen LogP contribution in [0.4, 0.5) is 0 Å². The van der Waals surface area contributed by atoms with E-state index in [1.807, 2.05) is 37.3 Å².